The van der Waals surface area contributed by atoms with Gasteiger partial charge in [0.05, 0.1) is 5.56 Å². The number of aromatic nitrogens is 2. The summed E-state index contributed by atoms with van der Waals surface area (Å²) in [4.78, 5) is 14.2. The highest BCUT2D eigenvalue weighted by Crippen LogP contribution is 2.50. The van der Waals surface area contributed by atoms with Crippen LogP contribution in [0.1, 0.15) is 40.4 Å². The first kappa shape index (κ1) is 17.9. The molecule has 1 aromatic carbocycles. The largest absolute Gasteiger partial charge is 0.416 e. The van der Waals surface area contributed by atoms with Gasteiger partial charge in [0.25, 0.3) is 5.91 Å². The van der Waals surface area contributed by atoms with Crippen molar-refractivity contribution in [3.05, 3.63) is 59.4 Å². The maximum absolute atomic E-state index is 13.3. The molecule has 0 unspecified atom stereocenters. The van der Waals surface area contributed by atoms with Gasteiger partial charge >= 0.3 is 6.18 Å². The number of rotatable bonds is 2. The van der Waals surface area contributed by atoms with Crippen LogP contribution in [0.4, 0.5) is 13.2 Å². The van der Waals surface area contributed by atoms with E-state index >= 15 is 0 Å². The molecule has 1 aromatic heterocycles. The molecular formula is C19H19F3N4O. The number of benzene rings is 1. The highest BCUT2D eigenvalue weighted by Gasteiger charge is 2.53. The highest BCUT2D eigenvalue weighted by molar-refractivity contribution is 5.92. The van der Waals surface area contributed by atoms with Crippen molar-refractivity contribution in [1.29, 1.82) is 0 Å². The van der Waals surface area contributed by atoms with Crippen molar-refractivity contribution < 1.29 is 18.0 Å². The van der Waals surface area contributed by atoms with E-state index in [1.54, 1.807) is 29.2 Å². The fourth-order valence-electron chi connectivity index (χ4n) is 4.50. The predicted molar refractivity (Wildman–Crippen MR) is 91.8 cm³/mol. The summed E-state index contributed by atoms with van der Waals surface area (Å²) in [6, 6.07) is 8.93. The molecule has 5 nitrogen and oxygen atoms in total. The molecule has 3 atom stereocenters. The van der Waals surface area contributed by atoms with Crippen LogP contribution in [0.2, 0.25) is 0 Å². The molecule has 2 N–H and O–H groups in total. The van der Waals surface area contributed by atoms with E-state index in [4.69, 9.17) is 5.73 Å². The molecular weight excluding hydrogens is 357 g/mol. The zero-order valence-electron chi connectivity index (χ0n) is 14.5. The fourth-order valence-corrected chi connectivity index (χ4v) is 4.50. The van der Waals surface area contributed by atoms with Gasteiger partial charge < -0.3 is 10.6 Å². The number of fused-ring (bicyclic) bond motifs is 1. The number of likely N-dealkylation sites (tertiary alicyclic amines) is 1. The minimum atomic E-state index is -4.38. The molecule has 0 radical (unpaired) electrons. The van der Waals surface area contributed by atoms with Crippen LogP contribution in [0.25, 0.3) is 0 Å². The van der Waals surface area contributed by atoms with Crippen LogP contribution in [0, 0.1) is 5.92 Å². The quantitative estimate of drug-likeness (QED) is 0.875. The van der Waals surface area contributed by atoms with Crippen LogP contribution in [-0.2, 0) is 6.18 Å². The fraction of sp³-hybridized carbons (Fsp3) is 0.421. The first-order chi connectivity index (χ1) is 12.8. The Balaban J connectivity index is 1.53. The SMILES string of the molecule is N[C@]12C[C@@H](c3ccccc3C(F)(F)F)C[C@H]1CN(C(=O)c1cccnn1)C2. The smallest absolute Gasteiger partial charge is 0.335 e. The third-order valence-electron chi connectivity index (χ3n) is 5.72. The summed E-state index contributed by atoms with van der Waals surface area (Å²) in [5.74, 6) is -0.537. The molecule has 2 aliphatic rings. The molecule has 142 valence electrons. The maximum Gasteiger partial charge on any atom is 0.416 e. The van der Waals surface area contributed by atoms with Gasteiger partial charge in [-0.05, 0) is 48.4 Å². The number of carbonyl (C=O) groups is 1. The lowest BCUT2D eigenvalue weighted by atomic mass is 9.89. The average Bonchev–Trinajstić information content (AvgIpc) is 3.13. The second-order valence-corrected chi connectivity index (χ2v) is 7.45. The Morgan fingerprint density at radius 1 is 1.22 bits per heavy atom. The van der Waals surface area contributed by atoms with Crippen molar-refractivity contribution in [2.45, 2.75) is 30.5 Å². The Bertz CT molecular complexity index is 858. The van der Waals surface area contributed by atoms with Gasteiger partial charge in [0.1, 0.15) is 0 Å². The summed E-state index contributed by atoms with van der Waals surface area (Å²) in [7, 11) is 0. The summed E-state index contributed by atoms with van der Waals surface area (Å²) >= 11 is 0. The Kier molecular flexibility index (Phi) is 4.18. The molecule has 8 heteroatoms. The topological polar surface area (TPSA) is 72.1 Å². The lowest BCUT2D eigenvalue weighted by Crippen LogP contribution is -2.45. The van der Waals surface area contributed by atoms with E-state index in [9.17, 15) is 18.0 Å². The van der Waals surface area contributed by atoms with Gasteiger partial charge in [-0.2, -0.15) is 18.3 Å². The molecule has 1 amide bonds. The maximum atomic E-state index is 13.3. The molecule has 4 rings (SSSR count). The molecule has 2 aromatic rings. The molecule has 1 saturated carbocycles. The molecule has 2 fully saturated rings. The minimum absolute atomic E-state index is 0.0376. The number of halogens is 3. The highest BCUT2D eigenvalue weighted by atomic mass is 19.4. The van der Waals surface area contributed by atoms with Crippen molar-refractivity contribution in [1.82, 2.24) is 15.1 Å². The van der Waals surface area contributed by atoms with Crippen LogP contribution in [0.3, 0.4) is 0 Å². The van der Waals surface area contributed by atoms with Crippen molar-refractivity contribution in [2.75, 3.05) is 13.1 Å². The summed E-state index contributed by atoms with van der Waals surface area (Å²) < 4.78 is 40.0. The monoisotopic (exact) mass is 376 g/mol. The van der Waals surface area contributed by atoms with Crippen molar-refractivity contribution >= 4 is 5.91 Å². The predicted octanol–water partition coefficient (Wildman–Crippen LogP) is 2.84. The Hall–Kier alpha value is -2.48. The van der Waals surface area contributed by atoms with E-state index in [2.05, 4.69) is 10.2 Å². The standard InChI is InChI=1S/C19H19F3N4O/c20-19(21,22)15-5-2-1-4-14(15)12-8-13-10-26(11-18(13,23)9-12)17(27)16-6-3-7-24-25-16/h1-7,12-13H,8-11,23H2/t12-,13-,18-/m0/s1. The van der Waals surface area contributed by atoms with E-state index in [-0.39, 0.29) is 23.4 Å². The van der Waals surface area contributed by atoms with Crippen LogP contribution >= 0.6 is 0 Å². The van der Waals surface area contributed by atoms with Gasteiger partial charge in [-0.25, -0.2) is 0 Å². The third-order valence-corrected chi connectivity index (χ3v) is 5.72. The second kappa shape index (κ2) is 6.30. The number of nitrogens with zero attached hydrogens (tertiary/aromatic N) is 3. The van der Waals surface area contributed by atoms with E-state index in [0.29, 0.717) is 31.5 Å². The van der Waals surface area contributed by atoms with E-state index in [1.807, 2.05) is 0 Å². The van der Waals surface area contributed by atoms with Crippen LogP contribution in [-0.4, -0.2) is 39.6 Å². The summed E-state index contributed by atoms with van der Waals surface area (Å²) in [5, 5.41) is 7.55. The molecule has 27 heavy (non-hydrogen) atoms. The van der Waals surface area contributed by atoms with E-state index < -0.39 is 17.3 Å². The second-order valence-electron chi connectivity index (χ2n) is 7.45. The first-order valence-corrected chi connectivity index (χ1v) is 8.80. The summed E-state index contributed by atoms with van der Waals surface area (Å²) in [6.45, 7) is 0.744. The number of carbonyl (C=O) groups excluding carboxylic acids is 1. The van der Waals surface area contributed by atoms with E-state index in [1.165, 1.54) is 12.3 Å². The molecule has 0 bridgehead atoms. The van der Waals surface area contributed by atoms with E-state index in [0.717, 1.165) is 6.07 Å². The number of alkyl halides is 3. The van der Waals surface area contributed by atoms with Gasteiger partial charge in [-0.1, -0.05) is 18.2 Å². The van der Waals surface area contributed by atoms with Crippen molar-refractivity contribution in [3.63, 3.8) is 0 Å². The lowest BCUT2D eigenvalue weighted by Gasteiger charge is -2.25. The minimum Gasteiger partial charge on any atom is -0.335 e. The van der Waals surface area contributed by atoms with Crippen molar-refractivity contribution in [3.8, 4) is 0 Å². The van der Waals surface area contributed by atoms with Crippen molar-refractivity contribution in [2.24, 2.45) is 11.7 Å². The van der Waals surface area contributed by atoms with Gasteiger partial charge in [0.2, 0.25) is 0 Å². The molecule has 1 saturated heterocycles. The third kappa shape index (κ3) is 3.18. The molecule has 1 aliphatic heterocycles. The first-order valence-electron chi connectivity index (χ1n) is 8.80. The molecule has 2 heterocycles. The zero-order valence-corrected chi connectivity index (χ0v) is 14.5. The van der Waals surface area contributed by atoms with Crippen LogP contribution in [0.5, 0.6) is 0 Å². The number of nitrogens with two attached hydrogens (primary N) is 1. The van der Waals surface area contributed by atoms with Gasteiger partial charge in [-0.3, -0.25) is 4.79 Å². The Morgan fingerprint density at radius 2 is 2.00 bits per heavy atom. The Morgan fingerprint density at radius 3 is 2.67 bits per heavy atom. The van der Waals surface area contributed by atoms with Gasteiger partial charge in [0, 0.05) is 24.8 Å². The van der Waals surface area contributed by atoms with Gasteiger partial charge in [0.15, 0.2) is 5.69 Å². The van der Waals surface area contributed by atoms with Crippen LogP contribution < -0.4 is 5.73 Å². The summed E-state index contributed by atoms with van der Waals surface area (Å²) in [5.41, 5.74) is 5.83. The zero-order chi connectivity index (χ0) is 19.2. The molecule has 1 aliphatic carbocycles. The summed E-state index contributed by atoms with van der Waals surface area (Å²) in [6.07, 6.45) is -1.94. The van der Waals surface area contributed by atoms with Gasteiger partial charge in [-0.15, -0.1) is 5.10 Å². The van der Waals surface area contributed by atoms with Crippen LogP contribution in [0.15, 0.2) is 42.6 Å². The molecule has 0 spiro atoms. The number of hydrogen-bond acceptors (Lipinski definition) is 4. The normalized spacial score (nSPS) is 27.6. The number of hydrogen-bond donors (Lipinski definition) is 1. The number of amides is 1. The lowest BCUT2D eigenvalue weighted by molar-refractivity contribution is -0.138. The Labute approximate surface area is 154 Å². The average molecular weight is 376 g/mol.